The standard InChI is InChI=1S/C10H21NS/c1-5-6-10(4)11-12-8-7-9(2)3/h5,9-11H,1,6-8H2,2-4H3. The molecule has 0 aromatic rings. The molecule has 0 saturated heterocycles. The zero-order valence-electron chi connectivity index (χ0n) is 8.47. The molecule has 0 aromatic heterocycles. The molecule has 0 saturated carbocycles. The predicted octanol–water partition coefficient (Wildman–Crippen LogP) is 3.23. The first-order valence-electron chi connectivity index (χ1n) is 4.65. The van der Waals surface area contributed by atoms with Gasteiger partial charge in [0.05, 0.1) is 0 Å². The van der Waals surface area contributed by atoms with Crippen LogP contribution in [0.5, 0.6) is 0 Å². The molecule has 1 atom stereocenters. The van der Waals surface area contributed by atoms with Crippen LogP contribution in [0.4, 0.5) is 0 Å². The topological polar surface area (TPSA) is 12.0 Å². The summed E-state index contributed by atoms with van der Waals surface area (Å²) in [5, 5.41) is 0. The van der Waals surface area contributed by atoms with Crippen LogP contribution in [0.15, 0.2) is 12.7 Å². The van der Waals surface area contributed by atoms with Crippen molar-refractivity contribution >= 4 is 11.9 Å². The Balaban J connectivity index is 3.13. The fraction of sp³-hybridized carbons (Fsp3) is 0.800. The van der Waals surface area contributed by atoms with E-state index in [2.05, 4.69) is 32.1 Å². The lowest BCUT2D eigenvalue weighted by Crippen LogP contribution is -2.18. The summed E-state index contributed by atoms with van der Waals surface area (Å²) in [7, 11) is 0. The molecule has 1 nitrogen and oxygen atoms in total. The zero-order valence-corrected chi connectivity index (χ0v) is 9.29. The normalized spacial score (nSPS) is 13.3. The van der Waals surface area contributed by atoms with Crippen LogP contribution in [0.25, 0.3) is 0 Å². The van der Waals surface area contributed by atoms with Gasteiger partial charge in [-0.1, -0.05) is 31.9 Å². The van der Waals surface area contributed by atoms with E-state index in [1.165, 1.54) is 12.2 Å². The van der Waals surface area contributed by atoms with Crippen molar-refractivity contribution in [3.8, 4) is 0 Å². The van der Waals surface area contributed by atoms with E-state index in [-0.39, 0.29) is 0 Å². The monoisotopic (exact) mass is 187 g/mol. The molecule has 72 valence electrons. The van der Waals surface area contributed by atoms with E-state index in [9.17, 15) is 0 Å². The first-order chi connectivity index (χ1) is 5.66. The van der Waals surface area contributed by atoms with Gasteiger partial charge < -0.3 is 0 Å². The van der Waals surface area contributed by atoms with Crippen molar-refractivity contribution in [2.45, 2.75) is 39.7 Å². The lowest BCUT2D eigenvalue weighted by molar-refractivity contribution is 0.628. The molecule has 1 N–H and O–H groups in total. The van der Waals surface area contributed by atoms with Crippen LogP contribution in [-0.4, -0.2) is 11.8 Å². The Morgan fingerprint density at radius 2 is 2.08 bits per heavy atom. The van der Waals surface area contributed by atoms with Crippen LogP contribution in [0.2, 0.25) is 0 Å². The first kappa shape index (κ1) is 12.0. The number of hydrogen-bond donors (Lipinski definition) is 1. The van der Waals surface area contributed by atoms with E-state index >= 15 is 0 Å². The average Bonchev–Trinajstić information content (AvgIpc) is 1.98. The average molecular weight is 187 g/mol. The summed E-state index contributed by atoms with van der Waals surface area (Å²) in [5.41, 5.74) is 0. The van der Waals surface area contributed by atoms with Gasteiger partial charge in [0.15, 0.2) is 0 Å². The smallest absolute Gasteiger partial charge is 0.0177 e. The quantitative estimate of drug-likeness (QED) is 0.373. The van der Waals surface area contributed by atoms with Gasteiger partial charge in [-0.2, -0.15) is 0 Å². The van der Waals surface area contributed by atoms with Crippen LogP contribution < -0.4 is 4.72 Å². The Hall–Kier alpha value is 0.0500. The molecule has 1 unspecified atom stereocenters. The van der Waals surface area contributed by atoms with Crippen molar-refractivity contribution in [2.24, 2.45) is 5.92 Å². The van der Waals surface area contributed by atoms with E-state index in [1.54, 1.807) is 0 Å². The Bertz CT molecular complexity index is 112. The Morgan fingerprint density at radius 1 is 1.42 bits per heavy atom. The molecular formula is C10H21NS. The van der Waals surface area contributed by atoms with Crippen molar-refractivity contribution in [3.05, 3.63) is 12.7 Å². The third-order valence-corrected chi connectivity index (χ3v) is 2.61. The second-order valence-corrected chi connectivity index (χ2v) is 4.51. The van der Waals surface area contributed by atoms with Gasteiger partial charge in [-0.15, -0.1) is 6.58 Å². The predicted molar refractivity (Wildman–Crippen MR) is 59.3 cm³/mol. The molecule has 0 aliphatic rings. The van der Waals surface area contributed by atoms with Gasteiger partial charge in [0.25, 0.3) is 0 Å². The molecule has 0 heterocycles. The lowest BCUT2D eigenvalue weighted by Gasteiger charge is -2.10. The van der Waals surface area contributed by atoms with Crippen molar-refractivity contribution in [3.63, 3.8) is 0 Å². The van der Waals surface area contributed by atoms with Crippen LogP contribution in [0, 0.1) is 5.92 Å². The lowest BCUT2D eigenvalue weighted by atomic mass is 10.2. The molecule has 0 fully saturated rings. The van der Waals surface area contributed by atoms with Crippen molar-refractivity contribution in [1.82, 2.24) is 4.72 Å². The highest BCUT2D eigenvalue weighted by Gasteiger charge is 1.98. The number of nitrogens with one attached hydrogen (secondary N) is 1. The Morgan fingerprint density at radius 3 is 2.58 bits per heavy atom. The third kappa shape index (κ3) is 8.15. The van der Waals surface area contributed by atoms with Crippen LogP contribution in [0.3, 0.4) is 0 Å². The molecule has 0 aliphatic heterocycles. The van der Waals surface area contributed by atoms with E-state index in [0.717, 1.165) is 12.3 Å². The van der Waals surface area contributed by atoms with Gasteiger partial charge in [0, 0.05) is 11.8 Å². The summed E-state index contributed by atoms with van der Waals surface area (Å²) in [5.74, 6) is 2.02. The highest BCUT2D eigenvalue weighted by molar-refractivity contribution is 7.97. The Labute approximate surface area is 81.1 Å². The van der Waals surface area contributed by atoms with Crippen molar-refractivity contribution in [2.75, 3.05) is 5.75 Å². The second kappa shape index (κ2) is 7.69. The van der Waals surface area contributed by atoms with Crippen molar-refractivity contribution < 1.29 is 0 Å². The maximum Gasteiger partial charge on any atom is 0.0177 e. The summed E-state index contributed by atoms with van der Waals surface area (Å²) in [6.07, 6.45) is 4.30. The highest BCUT2D eigenvalue weighted by atomic mass is 32.2. The molecule has 0 radical (unpaired) electrons. The van der Waals surface area contributed by atoms with Crippen LogP contribution in [0.1, 0.15) is 33.6 Å². The largest absolute Gasteiger partial charge is 0.261 e. The summed E-state index contributed by atoms with van der Waals surface area (Å²) in [6, 6.07) is 0.555. The summed E-state index contributed by atoms with van der Waals surface area (Å²) < 4.78 is 3.38. The maximum atomic E-state index is 3.71. The minimum atomic E-state index is 0.555. The first-order valence-corrected chi connectivity index (χ1v) is 5.63. The molecule has 12 heavy (non-hydrogen) atoms. The van der Waals surface area contributed by atoms with Gasteiger partial charge in [-0.3, -0.25) is 4.72 Å². The van der Waals surface area contributed by atoms with E-state index in [0.29, 0.717) is 6.04 Å². The maximum absolute atomic E-state index is 3.71. The molecular weight excluding hydrogens is 166 g/mol. The van der Waals surface area contributed by atoms with E-state index in [4.69, 9.17) is 0 Å². The molecule has 0 aliphatic carbocycles. The minimum absolute atomic E-state index is 0.555. The van der Waals surface area contributed by atoms with Crippen LogP contribution >= 0.6 is 11.9 Å². The van der Waals surface area contributed by atoms with Gasteiger partial charge in [-0.25, -0.2) is 0 Å². The zero-order chi connectivity index (χ0) is 9.40. The molecule has 0 amide bonds. The van der Waals surface area contributed by atoms with Crippen LogP contribution in [-0.2, 0) is 0 Å². The molecule has 0 bridgehead atoms. The second-order valence-electron chi connectivity index (χ2n) is 3.57. The summed E-state index contributed by atoms with van der Waals surface area (Å²) in [4.78, 5) is 0. The fourth-order valence-electron chi connectivity index (χ4n) is 0.794. The van der Waals surface area contributed by atoms with Gasteiger partial charge in [0.2, 0.25) is 0 Å². The van der Waals surface area contributed by atoms with E-state index in [1.807, 2.05) is 18.0 Å². The highest BCUT2D eigenvalue weighted by Crippen LogP contribution is 2.07. The molecule has 2 heteroatoms. The molecule has 0 aromatic carbocycles. The van der Waals surface area contributed by atoms with Crippen molar-refractivity contribution in [1.29, 1.82) is 0 Å². The van der Waals surface area contributed by atoms with E-state index < -0.39 is 0 Å². The number of rotatable bonds is 7. The van der Waals surface area contributed by atoms with Gasteiger partial charge >= 0.3 is 0 Å². The molecule has 0 spiro atoms. The third-order valence-electron chi connectivity index (χ3n) is 1.60. The Kier molecular flexibility index (Phi) is 7.72. The summed E-state index contributed by atoms with van der Waals surface area (Å²) >= 11 is 1.83. The minimum Gasteiger partial charge on any atom is -0.261 e. The fourth-order valence-corrected chi connectivity index (χ4v) is 1.88. The number of hydrogen-bond acceptors (Lipinski definition) is 2. The SMILES string of the molecule is C=CCC(C)NSCCC(C)C. The van der Waals surface area contributed by atoms with Gasteiger partial charge in [0.1, 0.15) is 0 Å². The van der Waals surface area contributed by atoms with Gasteiger partial charge in [-0.05, 0) is 25.7 Å². The molecule has 0 rings (SSSR count). The summed E-state index contributed by atoms with van der Waals surface area (Å²) in [6.45, 7) is 10.4.